The number of amides is 2. The van der Waals surface area contributed by atoms with Gasteiger partial charge in [-0.1, -0.05) is 12.1 Å². The lowest BCUT2D eigenvalue weighted by molar-refractivity contribution is -0.145. The number of hydrogen-bond acceptors (Lipinski definition) is 4. The molecule has 1 aromatic rings. The lowest BCUT2D eigenvalue weighted by atomic mass is 10.1. The van der Waals surface area contributed by atoms with E-state index in [1.165, 1.54) is 19.1 Å². The SMILES string of the molecule is COc1ccccc1N1CC(C(=O)N(C)CC(=O)O)CC1=O. The van der Waals surface area contributed by atoms with E-state index in [2.05, 4.69) is 0 Å². The van der Waals surface area contributed by atoms with Crippen molar-refractivity contribution in [2.75, 3.05) is 32.1 Å². The van der Waals surface area contributed by atoms with Crippen molar-refractivity contribution in [1.82, 2.24) is 4.90 Å². The largest absolute Gasteiger partial charge is 0.495 e. The van der Waals surface area contributed by atoms with Crippen LogP contribution < -0.4 is 9.64 Å². The minimum Gasteiger partial charge on any atom is -0.495 e. The Morgan fingerprint density at radius 2 is 2.09 bits per heavy atom. The van der Waals surface area contributed by atoms with Crippen LogP contribution in [0.2, 0.25) is 0 Å². The highest BCUT2D eigenvalue weighted by Crippen LogP contribution is 2.33. The maximum atomic E-state index is 12.2. The van der Waals surface area contributed by atoms with Gasteiger partial charge in [-0.15, -0.1) is 0 Å². The van der Waals surface area contributed by atoms with Gasteiger partial charge in [0, 0.05) is 20.0 Å². The van der Waals surface area contributed by atoms with Crippen molar-refractivity contribution in [2.45, 2.75) is 6.42 Å². The second kappa shape index (κ2) is 6.46. The molecule has 2 amide bonds. The molecular formula is C15H18N2O5. The van der Waals surface area contributed by atoms with Gasteiger partial charge < -0.3 is 19.6 Å². The van der Waals surface area contributed by atoms with E-state index >= 15 is 0 Å². The summed E-state index contributed by atoms with van der Waals surface area (Å²) < 4.78 is 5.23. The third kappa shape index (κ3) is 3.19. The molecule has 1 fully saturated rings. The quantitative estimate of drug-likeness (QED) is 0.860. The van der Waals surface area contributed by atoms with E-state index in [9.17, 15) is 14.4 Å². The molecule has 1 heterocycles. The smallest absolute Gasteiger partial charge is 0.323 e. The summed E-state index contributed by atoms with van der Waals surface area (Å²) >= 11 is 0. The Kier molecular flexibility index (Phi) is 4.65. The second-order valence-electron chi connectivity index (χ2n) is 5.17. The molecule has 1 aliphatic rings. The summed E-state index contributed by atoms with van der Waals surface area (Å²) in [6.07, 6.45) is 0.0703. The number of rotatable bonds is 5. The zero-order valence-corrected chi connectivity index (χ0v) is 12.5. The minimum atomic E-state index is -1.08. The summed E-state index contributed by atoms with van der Waals surface area (Å²) in [4.78, 5) is 37.7. The summed E-state index contributed by atoms with van der Waals surface area (Å²) in [6.45, 7) is -0.153. The molecule has 0 spiro atoms. The van der Waals surface area contributed by atoms with Gasteiger partial charge in [0.15, 0.2) is 0 Å². The number of carboxylic acids is 1. The zero-order chi connectivity index (χ0) is 16.3. The number of carboxylic acid groups (broad SMARTS) is 1. The number of likely N-dealkylation sites (N-methyl/N-ethyl adjacent to an activating group) is 1. The molecule has 0 aromatic heterocycles. The highest BCUT2D eigenvalue weighted by Gasteiger charge is 2.37. The van der Waals surface area contributed by atoms with Crippen molar-refractivity contribution in [1.29, 1.82) is 0 Å². The van der Waals surface area contributed by atoms with E-state index < -0.39 is 11.9 Å². The second-order valence-corrected chi connectivity index (χ2v) is 5.17. The Morgan fingerprint density at radius 3 is 2.73 bits per heavy atom. The Balaban J connectivity index is 2.14. The molecule has 22 heavy (non-hydrogen) atoms. The number of aliphatic carboxylic acids is 1. The van der Waals surface area contributed by atoms with Gasteiger partial charge >= 0.3 is 5.97 Å². The van der Waals surface area contributed by atoms with Gasteiger partial charge in [0.25, 0.3) is 0 Å². The Bertz CT molecular complexity index is 601. The third-order valence-corrected chi connectivity index (χ3v) is 3.60. The van der Waals surface area contributed by atoms with Crippen LogP contribution in [0.3, 0.4) is 0 Å². The molecule has 2 rings (SSSR count). The van der Waals surface area contributed by atoms with E-state index in [1.807, 2.05) is 0 Å². The summed E-state index contributed by atoms with van der Waals surface area (Å²) in [5.74, 6) is -1.58. The molecule has 1 aliphatic heterocycles. The number of anilines is 1. The van der Waals surface area contributed by atoms with Crippen LogP contribution in [0.1, 0.15) is 6.42 Å². The van der Waals surface area contributed by atoms with Crippen molar-refractivity contribution in [3.8, 4) is 5.75 Å². The van der Waals surface area contributed by atoms with E-state index in [-0.39, 0.29) is 31.3 Å². The highest BCUT2D eigenvalue weighted by molar-refractivity contribution is 6.01. The average molecular weight is 306 g/mol. The fraction of sp³-hybridized carbons (Fsp3) is 0.400. The molecule has 1 unspecified atom stereocenters. The van der Waals surface area contributed by atoms with Crippen LogP contribution >= 0.6 is 0 Å². The lowest BCUT2D eigenvalue weighted by Crippen LogP contribution is -2.37. The maximum absolute atomic E-state index is 12.2. The summed E-state index contributed by atoms with van der Waals surface area (Å²) in [7, 11) is 2.94. The predicted molar refractivity (Wildman–Crippen MR) is 78.7 cm³/mol. The first-order chi connectivity index (χ1) is 10.4. The molecule has 118 valence electrons. The molecule has 1 N–H and O–H groups in total. The average Bonchev–Trinajstić information content (AvgIpc) is 2.87. The molecule has 1 aromatic carbocycles. The van der Waals surface area contributed by atoms with E-state index in [4.69, 9.17) is 9.84 Å². The first-order valence-corrected chi connectivity index (χ1v) is 6.84. The normalized spacial score (nSPS) is 17.5. The molecule has 0 radical (unpaired) electrons. The molecule has 1 saturated heterocycles. The maximum Gasteiger partial charge on any atom is 0.323 e. The van der Waals surface area contributed by atoms with Gasteiger partial charge in [0.2, 0.25) is 11.8 Å². The topological polar surface area (TPSA) is 87.2 Å². The first-order valence-electron chi connectivity index (χ1n) is 6.84. The first kappa shape index (κ1) is 15.8. The van der Waals surface area contributed by atoms with Crippen LogP contribution in [-0.4, -0.2) is 55.0 Å². The third-order valence-electron chi connectivity index (χ3n) is 3.60. The van der Waals surface area contributed by atoms with Gasteiger partial charge in [0.05, 0.1) is 18.7 Å². The fourth-order valence-electron chi connectivity index (χ4n) is 2.55. The number of para-hydroxylation sites is 2. The van der Waals surface area contributed by atoms with Crippen molar-refractivity contribution >= 4 is 23.5 Å². The summed E-state index contributed by atoms with van der Waals surface area (Å²) in [5, 5.41) is 8.74. The van der Waals surface area contributed by atoms with Crippen molar-refractivity contribution in [2.24, 2.45) is 5.92 Å². The van der Waals surface area contributed by atoms with Crippen molar-refractivity contribution in [3.05, 3.63) is 24.3 Å². The Morgan fingerprint density at radius 1 is 1.41 bits per heavy atom. The monoisotopic (exact) mass is 306 g/mol. The van der Waals surface area contributed by atoms with Crippen LogP contribution in [0.4, 0.5) is 5.69 Å². The van der Waals surface area contributed by atoms with Crippen molar-refractivity contribution in [3.63, 3.8) is 0 Å². The molecule has 7 nitrogen and oxygen atoms in total. The predicted octanol–water partition coefficient (Wildman–Crippen LogP) is 0.591. The van der Waals surface area contributed by atoms with E-state index in [1.54, 1.807) is 24.3 Å². The number of hydrogen-bond donors (Lipinski definition) is 1. The number of carbonyl (C=O) groups is 3. The zero-order valence-electron chi connectivity index (χ0n) is 12.5. The summed E-state index contributed by atoms with van der Waals surface area (Å²) in [6, 6.07) is 7.09. The van der Waals surface area contributed by atoms with Gasteiger partial charge in [-0.25, -0.2) is 0 Å². The lowest BCUT2D eigenvalue weighted by Gasteiger charge is -2.21. The number of benzene rings is 1. The van der Waals surface area contributed by atoms with Gasteiger partial charge in [0.1, 0.15) is 12.3 Å². The Hall–Kier alpha value is -2.57. The molecule has 7 heteroatoms. The van der Waals surface area contributed by atoms with Crippen LogP contribution in [0.15, 0.2) is 24.3 Å². The van der Waals surface area contributed by atoms with Crippen molar-refractivity contribution < 1.29 is 24.2 Å². The number of methoxy groups -OCH3 is 1. The molecular weight excluding hydrogens is 288 g/mol. The summed E-state index contributed by atoms with van der Waals surface area (Å²) in [5.41, 5.74) is 0.617. The van der Waals surface area contributed by atoms with Gasteiger partial charge in [-0.3, -0.25) is 14.4 Å². The van der Waals surface area contributed by atoms with E-state index in [0.29, 0.717) is 11.4 Å². The minimum absolute atomic E-state index is 0.0703. The van der Waals surface area contributed by atoms with Gasteiger partial charge in [-0.05, 0) is 12.1 Å². The molecule has 0 saturated carbocycles. The van der Waals surface area contributed by atoms with Crippen LogP contribution in [-0.2, 0) is 14.4 Å². The van der Waals surface area contributed by atoms with Crippen LogP contribution in [0.25, 0.3) is 0 Å². The number of ether oxygens (including phenoxy) is 1. The molecule has 1 atom stereocenters. The number of carbonyl (C=O) groups excluding carboxylic acids is 2. The fourth-order valence-corrected chi connectivity index (χ4v) is 2.55. The highest BCUT2D eigenvalue weighted by atomic mass is 16.5. The standard InChI is InChI=1S/C15H18N2O5/c1-16(9-14(19)20)15(21)10-7-13(18)17(8-10)11-5-3-4-6-12(11)22-2/h3-6,10H,7-9H2,1-2H3,(H,19,20). The van der Waals surface area contributed by atoms with E-state index in [0.717, 1.165) is 4.90 Å². The Labute approximate surface area is 128 Å². The molecule has 0 bridgehead atoms. The molecule has 0 aliphatic carbocycles. The van der Waals surface area contributed by atoms with Crippen LogP contribution in [0.5, 0.6) is 5.75 Å². The number of nitrogens with zero attached hydrogens (tertiary/aromatic N) is 2. The van der Waals surface area contributed by atoms with Gasteiger partial charge in [-0.2, -0.15) is 0 Å². The van der Waals surface area contributed by atoms with Crippen LogP contribution in [0, 0.1) is 5.92 Å².